The maximum atomic E-state index is 3.52. The van der Waals surface area contributed by atoms with Crippen LogP contribution in [0.25, 0.3) is 10.9 Å². The predicted octanol–water partition coefficient (Wildman–Crippen LogP) is 3.55. The summed E-state index contributed by atoms with van der Waals surface area (Å²) in [7, 11) is 0. The molecule has 17 heavy (non-hydrogen) atoms. The summed E-state index contributed by atoms with van der Waals surface area (Å²) in [5.41, 5.74) is 2.85. The first kappa shape index (κ1) is 12.2. The van der Waals surface area contributed by atoms with Gasteiger partial charge in [-0.15, -0.1) is 0 Å². The molecule has 0 aliphatic carbocycles. The van der Waals surface area contributed by atoms with Crippen LogP contribution in [-0.4, -0.2) is 10.1 Å². The fourth-order valence-corrected chi connectivity index (χ4v) is 1.98. The number of aryl methyl sites for hydroxylation is 1. The Balaban J connectivity index is 2.24. The molecule has 2 nitrogen and oxygen atoms in total. The molecule has 0 aliphatic heterocycles. The van der Waals surface area contributed by atoms with Gasteiger partial charge in [0.15, 0.2) is 0 Å². The van der Waals surface area contributed by atoms with Crippen molar-refractivity contribution in [2.45, 2.75) is 46.3 Å². The molecule has 1 N–H and O–H groups in total. The minimum atomic E-state index is 0.168. The highest BCUT2D eigenvalue weighted by molar-refractivity contribution is 5.80. The molecule has 0 atom stereocenters. The first-order chi connectivity index (χ1) is 7.99. The summed E-state index contributed by atoms with van der Waals surface area (Å²) >= 11 is 0. The van der Waals surface area contributed by atoms with Crippen LogP contribution in [0, 0.1) is 0 Å². The van der Waals surface area contributed by atoms with Crippen molar-refractivity contribution in [3.05, 3.63) is 36.0 Å². The summed E-state index contributed by atoms with van der Waals surface area (Å²) in [6.45, 7) is 10.7. The Hall–Kier alpha value is -1.28. The van der Waals surface area contributed by atoms with Crippen molar-refractivity contribution in [1.29, 1.82) is 0 Å². The predicted molar refractivity (Wildman–Crippen MR) is 74.2 cm³/mol. The fraction of sp³-hybridized carbons (Fsp3) is 0.467. The molecule has 1 aromatic carbocycles. The van der Waals surface area contributed by atoms with Gasteiger partial charge in [-0.05, 0) is 50.8 Å². The largest absolute Gasteiger partial charge is 0.348 e. The zero-order chi connectivity index (χ0) is 12.5. The average molecular weight is 230 g/mol. The summed E-state index contributed by atoms with van der Waals surface area (Å²) in [5, 5.41) is 4.85. The summed E-state index contributed by atoms with van der Waals surface area (Å²) in [5.74, 6) is 0. The molecule has 0 saturated heterocycles. The van der Waals surface area contributed by atoms with Crippen molar-refractivity contribution >= 4 is 10.9 Å². The van der Waals surface area contributed by atoms with Gasteiger partial charge in [-0.25, -0.2) is 0 Å². The first-order valence-corrected chi connectivity index (χ1v) is 6.32. The quantitative estimate of drug-likeness (QED) is 0.853. The topological polar surface area (TPSA) is 17.0 Å². The number of aromatic nitrogens is 1. The molecule has 0 saturated carbocycles. The van der Waals surface area contributed by atoms with Crippen LogP contribution in [0.4, 0.5) is 0 Å². The minimum absolute atomic E-state index is 0.168. The molecule has 0 spiro atoms. The maximum absolute atomic E-state index is 3.52. The smallest absolute Gasteiger partial charge is 0.0483 e. The number of rotatable bonds is 3. The van der Waals surface area contributed by atoms with E-state index >= 15 is 0 Å². The van der Waals surface area contributed by atoms with E-state index in [4.69, 9.17) is 0 Å². The Labute approximate surface area is 104 Å². The summed E-state index contributed by atoms with van der Waals surface area (Å²) < 4.78 is 2.29. The molecule has 0 radical (unpaired) electrons. The SMILES string of the molecule is CCn1ccc2ccc(CNC(C)(C)C)cc21. The van der Waals surface area contributed by atoms with Gasteiger partial charge in [0.2, 0.25) is 0 Å². The third-order valence-corrected chi connectivity index (χ3v) is 3.00. The second-order valence-electron chi connectivity index (χ2n) is 5.60. The summed E-state index contributed by atoms with van der Waals surface area (Å²) in [6, 6.07) is 8.89. The van der Waals surface area contributed by atoms with E-state index in [0.29, 0.717) is 0 Å². The number of nitrogens with one attached hydrogen (secondary N) is 1. The van der Waals surface area contributed by atoms with E-state index in [1.807, 2.05) is 0 Å². The van der Waals surface area contributed by atoms with E-state index in [2.05, 4.69) is 68.0 Å². The Bertz CT molecular complexity index is 503. The molecule has 0 fully saturated rings. The van der Waals surface area contributed by atoms with Gasteiger partial charge in [0.05, 0.1) is 0 Å². The molecule has 0 amide bonds. The minimum Gasteiger partial charge on any atom is -0.348 e. The van der Waals surface area contributed by atoms with Crippen molar-refractivity contribution < 1.29 is 0 Å². The van der Waals surface area contributed by atoms with Gasteiger partial charge in [0, 0.05) is 30.3 Å². The van der Waals surface area contributed by atoms with Crippen molar-refractivity contribution in [3.63, 3.8) is 0 Å². The van der Waals surface area contributed by atoms with Gasteiger partial charge in [-0.3, -0.25) is 0 Å². The zero-order valence-electron chi connectivity index (χ0n) is 11.2. The van der Waals surface area contributed by atoms with Crippen LogP contribution in [-0.2, 0) is 13.1 Å². The van der Waals surface area contributed by atoms with Gasteiger partial charge in [0.1, 0.15) is 0 Å². The van der Waals surface area contributed by atoms with Crippen LogP contribution in [0.2, 0.25) is 0 Å². The van der Waals surface area contributed by atoms with Gasteiger partial charge in [-0.1, -0.05) is 12.1 Å². The van der Waals surface area contributed by atoms with Gasteiger partial charge in [-0.2, -0.15) is 0 Å². The third kappa shape index (κ3) is 2.89. The monoisotopic (exact) mass is 230 g/mol. The normalized spacial score (nSPS) is 12.2. The van der Waals surface area contributed by atoms with E-state index < -0.39 is 0 Å². The molecule has 0 unspecified atom stereocenters. The van der Waals surface area contributed by atoms with Gasteiger partial charge < -0.3 is 9.88 Å². The molecule has 2 heteroatoms. The van der Waals surface area contributed by atoms with E-state index in [1.165, 1.54) is 16.5 Å². The number of hydrogen-bond acceptors (Lipinski definition) is 1. The number of fused-ring (bicyclic) bond motifs is 1. The Morgan fingerprint density at radius 2 is 1.94 bits per heavy atom. The molecule has 0 aliphatic rings. The molecular formula is C15H22N2. The van der Waals surface area contributed by atoms with Crippen molar-refractivity contribution in [3.8, 4) is 0 Å². The highest BCUT2D eigenvalue weighted by Crippen LogP contribution is 2.18. The lowest BCUT2D eigenvalue weighted by Gasteiger charge is -2.20. The number of hydrogen-bond donors (Lipinski definition) is 1. The van der Waals surface area contributed by atoms with E-state index in [9.17, 15) is 0 Å². The third-order valence-electron chi connectivity index (χ3n) is 3.00. The molecule has 92 valence electrons. The first-order valence-electron chi connectivity index (χ1n) is 6.32. The lowest BCUT2D eigenvalue weighted by Crippen LogP contribution is -2.35. The molecule has 0 bridgehead atoms. The number of benzene rings is 1. The van der Waals surface area contributed by atoms with Crippen LogP contribution in [0.1, 0.15) is 33.3 Å². The molecule has 2 aromatic rings. The van der Waals surface area contributed by atoms with Gasteiger partial charge in [0.25, 0.3) is 0 Å². The van der Waals surface area contributed by atoms with E-state index in [-0.39, 0.29) is 5.54 Å². The average Bonchev–Trinajstić information content (AvgIpc) is 2.67. The standard InChI is InChI=1S/C15H22N2/c1-5-17-9-8-13-7-6-12(10-14(13)17)11-16-15(2,3)4/h6-10,16H,5,11H2,1-4H3. The Kier molecular flexibility index (Phi) is 3.25. The fourth-order valence-electron chi connectivity index (χ4n) is 1.98. The van der Waals surface area contributed by atoms with Crippen LogP contribution in [0.5, 0.6) is 0 Å². The van der Waals surface area contributed by atoms with Crippen molar-refractivity contribution in [1.82, 2.24) is 9.88 Å². The van der Waals surface area contributed by atoms with Crippen molar-refractivity contribution in [2.75, 3.05) is 0 Å². The molecule has 1 heterocycles. The molecular weight excluding hydrogens is 208 g/mol. The zero-order valence-corrected chi connectivity index (χ0v) is 11.2. The molecule has 2 rings (SSSR count). The van der Waals surface area contributed by atoms with Crippen LogP contribution in [0.3, 0.4) is 0 Å². The highest BCUT2D eigenvalue weighted by Gasteiger charge is 2.08. The van der Waals surface area contributed by atoms with Crippen molar-refractivity contribution in [2.24, 2.45) is 0 Å². The lowest BCUT2D eigenvalue weighted by molar-refractivity contribution is 0.424. The lowest BCUT2D eigenvalue weighted by atomic mass is 10.1. The number of nitrogens with zero attached hydrogens (tertiary/aromatic N) is 1. The summed E-state index contributed by atoms with van der Waals surface area (Å²) in [6.07, 6.45) is 2.16. The Morgan fingerprint density at radius 3 is 2.59 bits per heavy atom. The highest BCUT2D eigenvalue weighted by atomic mass is 15.0. The molecule has 1 aromatic heterocycles. The van der Waals surface area contributed by atoms with E-state index in [1.54, 1.807) is 0 Å². The van der Waals surface area contributed by atoms with Gasteiger partial charge >= 0.3 is 0 Å². The second kappa shape index (κ2) is 4.53. The van der Waals surface area contributed by atoms with Crippen LogP contribution >= 0.6 is 0 Å². The Morgan fingerprint density at radius 1 is 1.18 bits per heavy atom. The van der Waals surface area contributed by atoms with Crippen LogP contribution in [0.15, 0.2) is 30.5 Å². The second-order valence-corrected chi connectivity index (χ2v) is 5.60. The van der Waals surface area contributed by atoms with Crippen LogP contribution < -0.4 is 5.32 Å². The maximum Gasteiger partial charge on any atom is 0.0483 e. The van der Waals surface area contributed by atoms with E-state index in [0.717, 1.165) is 13.1 Å². The summed E-state index contributed by atoms with van der Waals surface area (Å²) in [4.78, 5) is 0.